The number of carbonyl (C=O) groups excluding carboxylic acids is 1. The zero-order valence-corrected chi connectivity index (χ0v) is 10.2. The summed E-state index contributed by atoms with van der Waals surface area (Å²) in [4.78, 5) is 11.6. The maximum atomic E-state index is 11.6. The average molecular weight is 236 g/mol. The highest BCUT2D eigenvalue weighted by Crippen LogP contribution is 2.29. The first-order valence-electron chi connectivity index (χ1n) is 5.25. The summed E-state index contributed by atoms with van der Waals surface area (Å²) in [5.74, 6) is 0.0908. The van der Waals surface area contributed by atoms with Crippen molar-refractivity contribution in [3.63, 3.8) is 0 Å². The van der Waals surface area contributed by atoms with Gasteiger partial charge in [-0.1, -0.05) is 0 Å². The number of anilines is 1. The first-order chi connectivity index (χ1) is 8.17. The fraction of sp³-hybridized carbons (Fsp3) is 0.333. The van der Waals surface area contributed by atoms with Gasteiger partial charge in [-0.3, -0.25) is 0 Å². The van der Waals surface area contributed by atoms with Crippen LogP contribution in [0.1, 0.15) is 22.8 Å². The Morgan fingerprint density at radius 3 is 2.71 bits per heavy atom. The van der Waals surface area contributed by atoms with Crippen molar-refractivity contribution in [1.29, 1.82) is 5.41 Å². The van der Waals surface area contributed by atoms with Crippen LogP contribution in [0.2, 0.25) is 0 Å². The molecule has 0 bridgehead atoms. The van der Waals surface area contributed by atoms with Crippen LogP contribution in [-0.4, -0.2) is 32.9 Å². The van der Waals surface area contributed by atoms with E-state index in [1.807, 2.05) is 0 Å². The number of hydrogen-bond acceptors (Lipinski definition) is 5. The summed E-state index contributed by atoms with van der Waals surface area (Å²) in [5.41, 5.74) is 1.63. The van der Waals surface area contributed by atoms with Crippen molar-refractivity contribution in [3.05, 3.63) is 23.3 Å². The Morgan fingerprint density at radius 2 is 2.24 bits per heavy atom. The Bertz CT molecular complexity index is 430. The molecule has 0 heterocycles. The standard InChI is InChI=1S/C12H16N2O3/c1-4-17-12(15)8-5-9(7-13)11(14-2)10(6-8)16-3/h5-7,13-14H,4H2,1-3H3. The highest BCUT2D eigenvalue weighted by molar-refractivity contribution is 5.96. The van der Waals surface area contributed by atoms with Crippen LogP contribution < -0.4 is 10.1 Å². The van der Waals surface area contributed by atoms with Crippen LogP contribution in [0.5, 0.6) is 5.75 Å². The van der Waals surface area contributed by atoms with Gasteiger partial charge >= 0.3 is 5.97 Å². The third-order valence-corrected chi connectivity index (χ3v) is 2.27. The van der Waals surface area contributed by atoms with Gasteiger partial charge in [-0.15, -0.1) is 0 Å². The summed E-state index contributed by atoms with van der Waals surface area (Å²) in [5, 5.41) is 10.3. The van der Waals surface area contributed by atoms with Crippen LogP contribution in [0.4, 0.5) is 5.69 Å². The Labute approximate surface area is 100 Å². The average Bonchev–Trinajstić information content (AvgIpc) is 2.37. The monoisotopic (exact) mass is 236 g/mol. The zero-order valence-electron chi connectivity index (χ0n) is 10.2. The SMILES string of the molecule is CCOC(=O)c1cc(C=N)c(NC)c(OC)c1. The molecule has 0 aliphatic carbocycles. The predicted octanol–water partition coefficient (Wildman–Crippen LogP) is 1.91. The molecule has 0 saturated carbocycles. The molecule has 0 spiro atoms. The molecule has 5 nitrogen and oxygen atoms in total. The van der Waals surface area contributed by atoms with Crippen molar-refractivity contribution in [1.82, 2.24) is 0 Å². The zero-order chi connectivity index (χ0) is 12.8. The lowest BCUT2D eigenvalue weighted by Crippen LogP contribution is -2.07. The molecule has 1 rings (SSSR count). The first-order valence-corrected chi connectivity index (χ1v) is 5.25. The smallest absolute Gasteiger partial charge is 0.338 e. The molecule has 0 saturated heterocycles. The molecule has 0 aromatic heterocycles. The van der Waals surface area contributed by atoms with Gasteiger partial charge in [-0.2, -0.15) is 0 Å². The van der Waals surface area contributed by atoms with E-state index in [-0.39, 0.29) is 0 Å². The second-order valence-electron chi connectivity index (χ2n) is 3.26. The summed E-state index contributed by atoms with van der Waals surface area (Å²) in [6.45, 7) is 2.06. The van der Waals surface area contributed by atoms with Gasteiger partial charge in [-0.25, -0.2) is 4.79 Å². The highest BCUT2D eigenvalue weighted by Gasteiger charge is 2.14. The van der Waals surface area contributed by atoms with E-state index >= 15 is 0 Å². The summed E-state index contributed by atoms with van der Waals surface area (Å²) >= 11 is 0. The molecule has 0 radical (unpaired) electrons. The van der Waals surface area contributed by atoms with E-state index in [0.29, 0.717) is 29.2 Å². The molecule has 1 aromatic carbocycles. The van der Waals surface area contributed by atoms with Crippen molar-refractivity contribution in [3.8, 4) is 5.75 Å². The van der Waals surface area contributed by atoms with Crippen LogP contribution in [-0.2, 0) is 4.74 Å². The van der Waals surface area contributed by atoms with Gasteiger partial charge in [0.05, 0.1) is 25.0 Å². The van der Waals surface area contributed by atoms with E-state index in [1.165, 1.54) is 7.11 Å². The summed E-state index contributed by atoms with van der Waals surface area (Å²) in [6, 6.07) is 3.19. The van der Waals surface area contributed by atoms with Gasteiger partial charge in [0.15, 0.2) is 0 Å². The number of esters is 1. The fourth-order valence-electron chi connectivity index (χ4n) is 1.51. The van der Waals surface area contributed by atoms with Gasteiger partial charge in [0.2, 0.25) is 0 Å². The van der Waals surface area contributed by atoms with Crippen molar-refractivity contribution in [2.45, 2.75) is 6.92 Å². The molecule has 2 N–H and O–H groups in total. The number of ether oxygens (including phenoxy) is 2. The van der Waals surface area contributed by atoms with Crippen LogP contribution in [0.25, 0.3) is 0 Å². The fourth-order valence-corrected chi connectivity index (χ4v) is 1.51. The topological polar surface area (TPSA) is 71.4 Å². The Balaban J connectivity index is 3.26. The second-order valence-corrected chi connectivity index (χ2v) is 3.26. The minimum absolute atomic E-state index is 0.314. The van der Waals surface area contributed by atoms with Crippen molar-refractivity contribution >= 4 is 17.9 Å². The summed E-state index contributed by atoms with van der Waals surface area (Å²) < 4.78 is 10.1. The Morgan fingerprint density at radius 1 is 1.53 bits per heavy atom. The van der Waals surface area contributed by atoms with Crippen molar-refractivity contribution in [2.24, 2.45) is 0 Å². The molecule has 0 aliphatic heterocycles. The lowest BCUT2D eigenvalue weighted by Gasteiger charge is -2.12. The van der Waals surface area contributed by atoms with Crippen molar-refractivity contribution in [2.75, 3.05) is 26.1 Å². The minimum Gasteiger partial charge on any atom is -0.495 e. The molecule has 92 valence electrons. The predicted molar refractivity (Wildman–Crippen MR) is 66.4 cm³/mol. The summed E-state index contributed by atoms with van der Waals surface area (Å²) in [6.07, 6.45) is 1.16. The van der Waals surface area contributed by atoms with E-state index in [4.69, 9.17) is 14.9 Å². The highest BCUT2D eigenvalue weighted by atomic mass is 16.5. The first kappa shape index (κ1) is 13.0. The Kier molecular flexibility index (Phi) is 4.51. The van der Waals surface area contributed by atoms with Crippen LogP contribution in [0, 0.1) is 5.41 Å². The molecular weight excluding hydrogens is 220 g/mol. The molecule has 0 unspecified atom stereocenters. The third kappa shape index (κ3) is 2.75. The molecule has 0 atom stereocenters. The third-order valence-electron chi connectivity index (χ3n) is 2.27. The van der Waals surface area contributed by atoms with Gasteiger partial charge in [0.1, 0.15) is 5.75 Å². The normalized spacial score (nSPS) is 9.59. The number of methoxy groups -OCH3 is 1. The molecule has 0 fully saturated rings. The van der Waals surface area contributed by atoms with Crippen LogP contribution >= 0.6 is 0 Å². The number of rotatable bonds is 5. The molecule has 5 heteroatoms. The molecule has 0 aliphatic rings. The molecule has 0 amide bonds. The number of carbonyl (C=O) groups is 1. The van der Waals surface area contributed by atoms with Gasteiger partial charge in [0, 0.05) is 18.8 Å². The van der Waals surface area contributed by atoms with E-state index in [0.717, 1.165) is 6.21 Å². The lowest BCUT2D eigenvalue weighted by atomic mass is 10.1. The lowest BCUT2D eigenvalue weighted by molar-refractivity contribution is 0.0526. The second kappa shape index (κ2) is 5.89. The number of benzene rings is 1. The minimum atomic E-state index is -0.420. The van der Waals surface area contributed by atoms with Gasteiger partial charge < -0.3 is 20.2 Å². The van der Waals surface area contributed by atoms with E-state index < -0.39 is 5.97 Å². The van der Waals surface area contributed by atoms with Crippen molar-refractivity contribution < 1.29 is 14.3 Å². The van der Waals surface area contributed by atoms with E-state index in [1.54, 1.807) is 26.1 Å². The quantitative estimate of drug-likeness (QED) is 0.605. The Hall–Kier alpha value is -2.04. The van der Waals surface area contributed by atoms with Gasteiger partial charge in [-0.05, 0) is 19.1 Å². The molecule has 17 heavy (non-hydrogen) atoms. The largest absolute Gasteiger partial charge is 0.495 e. The molecular formula is C12H16N2O3. The van der Waals surface area contributed by atoms with E-state index in [9.17, 15) is 4.79 Å². The maximum absolute atomic E-state index is 11.6. The number of nitrogens with one attached hydrogen (secondary N) is 2. The number of hydrogen-bond donors (Lipinski definition) is 2. The molecule has 1 aromatic rings. The van der Waals surface area contributed by atoms with E-state index in [2.05, 4.69) is 5.32 Å². The maximum Gasteiger partial charge on any atom is 0.338 e. The van der Waals surface area contributed by atoms with Gasteiger partial charge in [0.25, 0.3) is 0 Å². The summed E-state index contributed by atoms with van der Waals surface area (Å²) in [7, 11) is 3.24. The van der Waals surface area contributed by atoms with Crippen LogP contribution in [0.15, 0.2) is 12.1 Å². The van der Waals surface area contributed by atoms with Crippen LogP contribution in [0.3, 0.4) is 0 Å².